The Hall–Kier alpha value is -2.26. The fourth-order valence-corrected chi connectivity index (χ4v) is 2.62. The summed E-state index contributed by atoms with van der Waals surface area (Å²) in [5, 5.41) is 18.3. The molecule has 0 spiro atoms. The molecule has 2 rings (SSSR count). The van der Waals surface area contributed by atoms with Crippen LogP contribution in [0.4, 0.5) is 5.95 Å². The first-order chi connectivity index (χ1) is 12.0. The Morgan fingerprint density at radius 1 is 1.32 bits per heavy atom. The van der Waals surface area contributed by atoms with Crippen LogP contribution < -0.4 is 11.3 Å². The average molecular weight is 351 g/mol. The molecule has 4 N–H and O–H groups in total. The molecular formula is C16H25N5O4. The third-order valence-electron chi connectivity index (χ3n) is 4.20. The number of fused-ring (bicyclic) bond motifs is 1. The van der Waals surface area contributed by atoms with E-state index in [1.807, 2.05) is 6.92 Å². The first kappa shape index (κ1) is 19.1. The van der Waals surface area contributed by atoms with E-state index < -0.39 is 5.56 Å². The standard InChI is InChI=1S/C16H25N5O4/c1-2-3-4-5-12(24)21-15(25)13-14(19-16(21)17)20(10-18-13)7-6-11(8-22)9-23/h10-11,22-23H,2-9H2,1H3,(H2,17,19). The number of aromatic nitrogens is 4. The van der Waals surface area contributed by atoms with Gasteiger partial charge in [-0.3, -0.25) is 9.59 Å². The third kappa shape index (κ3) is 4.23. The predicted molar refractivity (Wildman–Crippen MR) is 93.2 cm³/mol. The number of nitrogens with zero attached hydrogens (tertiary/aromatic N) is 4. The number of carbonyl (C=O) groups is 1. The number of carbonyl (C=O) groups excluding carboxylic acids is 1. The van der Waals surface area contributed by atoms with E-state index in [0.717, 1.165) is 17.4 Å². The summed E-state index contributed by atoms with van der Waals surface area (Å²) in [5.41, 5.74) is 5.66. The van der Waals surface area contributed by atoms with Crippen LogP contribution in [-0.4, -0.2) is 48.4 Å². The molecular weight excluding hydrogens is 326 g/mol. The zero-order chi connectivity index (χ0) is 18.4. The molecule has 2 aromatic heterocycles. The smallest absolute Gasteiger partial charge is 0.289 e. The predicted octanol–water partition coefficient (Wildman–Crippen LogP) is 0.387. The first-order valence-corrected chi connectivity index (χ1v) is 8.51. The molecule has 0 radical (unpaired) electrons. The molecule has 0 aliphatic carbocycles. The number of aryl methyl sites for hydroxylation is 1. The summed E-state index contributed by atoms with van der Waals surface area (Å²) in [7, 11) is 0. The minimum absolute atomic E-state index is 0.0857. The molecule has 2 aromatic rings. The second-order valence-corrected chi connectivity index (χ2v) is 6.09. The fourth-order valence-electron chi connectivity index (χ4n) is 2.62. The number of aliphatic hydroxyl groups is 2. The molecule has 0 unspecified atom stereocenters. The Kier molecular flexibility index (Phi) is 6.65. The molecule has 9 nitrogen and oxygen atoms in total. The summed E-state index contributed by atoms with van der Waals surface area (Å²) in [5.74, 6) is -0.780. The van der Waals surface area contributed by atoms with Gasteiger partial charge in [-0.15, -0.1) is 0 Å². The van der Waals surface area contributed by atoms with Gasteiger partial charge in [-0.1, -0.05) is 19.8 Å². The van der Waals surface area contributed by atoms with Crippen molar-refractivity contribution in [2.24, 2.45) is 5.92 Å². The number of nitrogen functional groups attached to an aromatic ring is 1. The monoisotopic (exact) mass is 351 g/mol. The molecule has 25 heavy (non-hydrogen) atoms. The number of rotatable bonds is 9. The topological polar surface area (TPSA) is 136 Å². The number of aliphatic hydroxyl groups excluding tert-OH is 2. The van der Waals surface area contributed by atoms with Crippen molar-refractivity contribution in [1.29, 1.82) is 0 Å². The summed E-state index contributed by atoms with van der Waals surface area (Å²) >= 11 is 0. The normalized spacial score (nSPS) is 11.5. The third-order valence-corrected chi connectivity index (χ3v) is 4.20. The molecule has 0 fully saturated rings. The molecule has 0 saturated carbocycles. The lowest BCUT2D eigenvalue weighted by Crippen LogP contribution is -2.30. The van der Waals surface area contributed by atoms with E-state index in [4.69, 9.17) is 15.9 Å². The van der Waals surface area contributed by atoms with E-state index in [2.05, 4.69) is 9.97 Å². The van der Waals surface area contributed by atoms with Gasteiger partial charge in [-0.05, 0) is 12.8 Å². The Labute approximate surface area is 145 Å². The van der Waals surface area contributed by atoms with Crippen molar-refractivity contribution in [3.8, 4) is 0 Å². The maximum Gasteiger partial charge on any atom is 0.289 e. The van der Waals surface area contributed by atoms with Crippen molar-refractivity contribution in [1.82, 2.24) is 19.1 Å². The van der Waals surface area contributed by atoms with Gasteiger partial charge < -0.3 is 20.5 Å². The Bertz CT molecular complexity index is 779. The molecule has 0 amide bonds. The SMILES string of the molecule is CCCCCC(=O)n1c(N)nc2c(ncn2CCC(CO)CO)c1=O. The summed E-state index contributed by atoms with van der Waals surface area (Å²) in [6, 6.07) is 0. The molecule has 0 bridgehead atoms. The highest BCUT2D eigenvalue weighted by Gasteiger charge is 2.18. The summed E-state index contributed by atoms with van der Waals surface area (Å²) in [6.45, 7) is 2.20. The molecule has 0 saturated heterocycles. The van der Waals surface area contributed by atoms with Gasteiger partial charge in [-0.2, -0.15) is 4.98 Å². The Morgan fingerprint density at radius 3 is 2.68 bits per heavy atom. The molecule has 2 heterocycles. The second kappa shape index (κ2) is 8.72. The van der Waals surface area contributed by atoms with Gasteiger partial charge in [0.15, 0.2) is 11.2 Å². The minimum Gasteiger partial charge on any atom is -0.396 e. The van der Waals surface area contributed by atoms with Crippen LogP contribution in [0.5, 0.6) is 0 Å². The van der Waals surface area contributed by atoms with Gasteiger partial charge in [-0.25, -0.2) is 9.55 Å². The van der Waals surface area contributed by atoms with Crippen LogP contribution in [0.2, 0.25) is 0 Å². The Morgan fingerprint density at radius 2 is 2.04 bits per heavy atom. The van der Waals surface area contributed by atoms with Crippen LogP contribution in [0.3, 0.4) is 0 Å². The average Bonchev–Trinajstić information content (AvgIpc) is 2.99. The highest BCUT2D eigenvalue weighted by Crippen LogP contribution is 2.12. The number of hydrogen-bond donors (Lipinski definition) is 3. The van der Waals surface area contributed by atoms with Crippen molar-refractivity contribution in [3.63, 3.8) is 0 Å². The van der Waals surface area contributed by atoms with Crippen molar-refractivity contribution >= 4 is 23.0 Å². The number of anilines is 1. The maximum atomic E-state index is 12.6. The Balaban J connectivity index is 2.28. The van der Waals surface area contributed by atoms with Gasteiger partial charge in [0.2, 0.25) is 11.9 Å². The van der Waals surface area contributed by atoms with E-state index in [-0.39, 0.29) is 42.9 Å². The van der Waals surface area contributed by atoms with Gasteiger partial charge >= 0.3 is 0 Å². The lowest BCUT2D eigenvalue weighted by molar-refractivity contribution is 0.0897. The zero-order valence-electron chi connectivity index (χ0n) is 14.4. The van der Waals surface area contributed by atoms with Gasteiger partial charge in [0, 0.05) is 32.1 Å². The van der Waals surface area contributed by atoms with Crippen LogP contribution in [-0.2, 0) is 6.54 Å². The molecule has 0 aromatic carbocycles. The number of imidazole rings is 1. The quantitative estimate of drug-likeness (QED) is 0.556. The van der Waals surface area contributed by atoms with E-state index in [1.165, 1.54) is 6.33 Å². The van der Waals surface area contributed by atoms with E-state index in [9.17, 15) is 9.59 Å². The number of hydrogen-bond acceptors (Lipinski definition) is 7. The van der Waals surface area contributed by atoms with Gasteiger partial charge in [0.25, 0.3) is 5.56 Å². The molecule has 0 aliphatic heterocycles. The van der Waals surface area contributed by atoms with Crippen molar-refractivity contribution in [3.05, 3.63) is 16.7 Å². The molecule has 0 atom stereocenters. The van der Waals surface area contributed by atoms with Crippen LogP contribution in [0.1, 0.15) is 43.8 Å². The van der Waals surface area contributed by atoms with E-state index in [0.29, 0.717) is 25.0 Å². The van der Waals surface area contributed by atoms with Gasteiger partial charge in [0.1, 0.15) is 0 Å². The van der Waals surface area contributed by atoms with Crippen molar-refractivity contribution in [2.45, 2.75) is 45.6 Å². The lowest BCUT2D eigenvalue weighted by Gasteiger charge is -2.11. The van der Waals surface area contributed by atoms with E-state index in [1.54, 1.807) is 4.57 Å². The first-order valence-electron chi connectivity index (χ1n) is 8.51. The largest absolute Gasteiger partial charge is 0.396 e. The summed E-state index contributed by atoms with van der Waals surface area (Å²) in [6.07, 6.45) is 4.76. The fraction of sp³-hybridized carbons (Fsp3) is 0.625. The molecule has 138 valence electrons. The van der Waals surface area contributed by atoms with Crippen LogP contribution in [0.25, 0.3) is 11.2 Å². The van der Waals surface area contributed by atoms with Crippen LogP contribution >= 0.6 is 0 Å². The van der Waals surface area contributed by atoms with Crippen LogP contribution in [0.15, 0.2) is 11.1 Å². The summed E-state index contributed by atoms with van der Waals surface area (Å²) < 4.78 is 2.52. The van der Waals surface area contributed by atoms with E-state index >= 15 is 0 Å². The zero-order valence-corrected chi connectivity index (χ0v) is 14.4. The highest BCUT2D eigenvalue weighted by atomic mass is 16.3. The molecule has 9 heteroatoms. The highest BCUT2D eigenvalue weighted by molar-refractivity contribution is 5.84. The van der Waals surface area contributed by atoms with Crippen molar-refractivity contribution in [2.75, 3.05) is 18.9 Å². The number of nitrogens with two attached hydrogens (primary N) is 1. The second-order valence-electron chi connectivity index (χ2n) is 6.09. The molecule has 0 aliphatic rings. The van der Waals surface area contributed by atoms with Gasteiger partial charge in [0.05, 0.1) is 6.33 Å². The minimum atomic E-state index is -0.566. The lowest BCUT2D eigenvalue weighted by atomic mass is 10.1. The van der Waals surface area contributed by atoms with Crippen molar-refractivity contribution < 1.29 is 15.0 Å². The summed E-state index contributed by atoms with van der Waals surface area (Å²) in [4.78, 5) is 33.0. The van der Waals surface area contributed by atoms with Crippen LogP contribution in [0, 0.1) is 5.92 Å². The number of unbranched alkanes of at least 4 members (excludes halogenated alkanes) is 2. The maximum absolute atomic E-state index is 12.6.